The summed E-state index contributed by atoms with van der Waals surface area (Å²) in [6.07, 6.45) is 0.892. The van der Waals surface area contributed by atoms with E-state index in [4.69, 9.17) is 9.47 Å². The molecule has 0 amide bonds. The number of aryl methyl sites for hydroxylation is 1. The topological polar surface area (TPSA) is 18.5 Å². The minimum absolute atomic E-state index is 0.148. The van der Waals surface area contributed by atoms with Crippen molar-refractivity contribution in [3.63, 3.8) is 0 Å². The molecule has 0 fully saturated rings. The van der Waals surface area contributed by atoms with Gasteiger partial charge in [-0.15, -0.1) is 0 Å². The van der Waals surface area contributed by atoms with Crippen molar-refractivity contribution in [2.75, 3.05) is 14.2 Å². The first-order valence-corrected chi connectivity index (χ1v) is 7.48. The van der Waals surface area contributed by atoms with E-state index in [1.165, 1.54) is 11.1 Å². The maximum absolute atomic E-state index is 5.47. The van der Waals surface area contributed by atoms with Crippen LogP contribution >= 0.6 is 15.9 Å². The Hall–Kier alpha value is -1.48. The quantitative estimate of drug-likeness (QED) is 0.738. The Morgan fingerprint density at radius 2 is 1.55 bits per heavy atom. The van der Waals surface area contributed by atoms with Crippen LogP contribution in [0.4, 0.5) is 0 Å². The highest BCUT2D eigenvalue weighted by atomic mass is 79.9. The Kier molecular flexibility index (Phi) is 5.07. The van der Waals surface area contributed by atoms with Crippen molar-refractivity contribution in [3.05, 3.63) is 59.2 Å². The highest BCUT2D eigenvalue weighted by molar-refractivity contribution is 9.09. The number of hydrogen-bond donors (Lipinski definition) is 0. The number of methoxy groups -OCH3 is 2. The molecule has 0 N–H and O–H groups in total. The van der Waals surface area contributed by atoms with Crippen LogP contribution in [0.15, 0.2) is 42.5 Å². The van der Waals surface area contributed by atoms with Gasteiger partial charge in [-0.3, -0.25) is 0 Å². The predicted molar refractivity (Wildman–Crippen MR) is 86.1 cm³/mol. The second kappa shape index (κ2) is 6.80. The lowest BCUT2D eigenvalue weighted by Crippen LogP contribution is -2.02. The average molecular weight is 335 g/mol. The fourth-order valence-electron chi connectivity index (χ4n) is 2.32. The van der Waals surface area contributed by atoms with Crippen LogP contribution in [-0.4, -0.2) is 14.2 Å². The van der Waals surface area contributed by atoms with Crippen LogP contribution in [0.1, 0.15) is 21.5 Å². The van der Waals surface area contributed by atoms with Gasteiger partial charge in [0.1, 0.15) is 11.5 Å². The number of rotatable bonds is 5. The van der Waals surface area contributed by atoms with Crippen molar-refractivity contribution < 1.29 is 9.47 Å². The molecule has 20 heavy (non-hydrogen) atoms. The van der Waals surface area contributed by atoms with Gasteiger partial charge in [0.25, 0.3) is 0 Å². The van der Waals surface area contributed by atoms with Crippen LogP contribution in [0.3, 0.4) is 0 Å². The summed E-state index contributed by atoms with van der Waals surface area (Å²) in [5.41, 5.74) is 3.67. The van der Waals surface area contributed by atoms with Crippen molar-refractivity contribution in [1.82, 2.24) is 0 Å². The molecule has 0 aliphatic heterocycles. The summed E-state index contributed by atoms with van der Waals surface area (Å²) in [7, 11) is 3.37. The highest BCUT2D eigenvalue weighted by Gasteiger charge is 2.19. The predicted octanol–water partition coefficient (Wildman–Crippen LogP) is 4.69. The zero-order valence-corrected chi connectivity index (χ0v) is 13.6. The standard InChI is InChI=1S/C17H19BrO2/c1-12-7-4-5-8-13(12)11-14(18)17-15(19-2)9-6-10-16(17)20-3/h4-10,14H,11H2,1-3H3. The van der Waals surface area contributed by atoms with Gasteiger partial charge < -0.3 is 9.47 Å². The lowest BCUT2D eigenvalue weighted by atomic mass is 9.99. The fourth-order valence-corrected chi connectivity index (χ4v) is 3.12. The van der Waals surface area contributed by atoms with Crippen molar-refractivity contribution in [2.45, 2.75) is 18.2 Å². The molecule has 0 heterocycles. The van der Waals surface area contributed by atoms with Crippen molar-refractivity contribution in [1.29, 1.82) is 0 Å². The van der Waals surface area contributed by atoms with Crippen LogP contribution < -0.4 is 9.47 Å². The molecule has 0 aliphatic carbocycles. The molecule has 2 rings (SSSR count). The smallest absolute Gasteiger partial charge is 0.126 e. The lowest BCUT2D eigenvalue weighted by Gasteiger charge is -2.18. The van der Waals surface area contributed by atoms with Gasteiger partial charge in [-0.1, -0.05) is 46.3 Å². The third-order valence-electron chi connectivity index (χ3n) is 3.44. The van der Waals surface area contributed by atoms with Gasteiger partial charge in [0.15, 0.2) is 0 Å². The monoisotopic (exact) mass is 334 g/mol. The van der Waals surface area contributed by atoms with E-state index in [1.807, 2.05) is 18.2 Å². The van der Waals surface area contributed by atoms with Gasteiger partial charge in [0.2, 0.25) is 0 Å². The zero-order valence-electron chi connectivity index (χ0n) is 12.0. The fraction of sp³-hybridized carbons (Fsp3) is 0.294. The zero-order chi connectivity index (χ0) is 14.5. The van der Waals surface area contributed by atoms with Gasteiger partial charge in [-0.05, 0) is 36.6 Å². The maximum Gasteiger partial charge on any atom is 0.126 e. The lowest BCUT2D eigenvalue weighted by molar-refractivity contribution is 0.385. The summed E-state index contributed by atoms with van der Waals surface area (Å²) >= 11 is 3.78. The summed E-state index contributed by atoms with van der Waals surface area (Å²) < 4.78 is 10.9. The van der Waals surface area contributed by atoms with Crippen molar-refractivity contribution in [3.8, 4) is 11.5 Å². The van der Waals surface area contributed by atoms with E-state index in [0.29, 0.717) is 0 Å². The molecule has 0 radical (unpaired) electrons. The number of benzene rings is 2. The van der Waals surface area contributed by atoms with Gasteiger partial charge in [-0.2, -0.15) is 0 Å². The molecular formula is C17H19BrO2. The summed E-state index contributed by atoms with van der Waals surface area (Å²) in [4.78, 5) is 0.148. The van der Waals surface area contributed by atoms with Crippen LogP contribution in [0.2, 0.25) is 0 Å². The summed E-state index contributed by atoms with van der Waals surface area (Å²) in [6, 6.07) is 14.3. The number of hydrogen-bond acceptors (Lipinski definition) is 2. The average Bonchev–Trinajstić information content (AvgIpc) is 2.48. The number of halogens is 1. The third kappa shape index (κ3) is 3.15. The molecule has 1 atom stereocenters. The third-order valence-corrected chi connectivity index (χ3v) is 4.22. The van der Waals surface area contributed by atoms with Crippen molar-refractivity contribution >= 4 is 15.9 Å². The maximum atomic E-state index is 5.47. The second-order valence-corrected chi connectivity index (χ2v) is 5.78. The Morgan fingerprint density at radius 1 is 0.950 bits per heavy atom. The normalized spacial score (nSPS) is 12.0. The van der Waals surface area contributed by atoms with Gasteiger partial charge >= 0.3 is 0 Å². The first kappa shape index (κ1) is 14.9. The van der Waals surface area contributed by atoms with Gasteiger partial charge in [-0.25, -0.2) is 0 Å². The highest BCUT2D eigenvalue weighted by Crippen LogP contribution is 2.40. The molecule has 106 valence electrons. The Balaban J connectivity index is 2.34. The number of ether oxygens (including phenoxy) is 2. The molecule has 1 unspecified atom stereocenters. The van der Waals surface area contributed by atoms with Crippen LogP contribution in [0.25, 0.3) is 0 Å². The molecule has 3 heteroatoms. The van der Waals surface area contributed by atoms with E-state index in [9.17, 15) is 0 Å². The largest absolute Gasteiger partial charge is 0.496 e. The van der Waals surface area contributed by atoms with Gasteiger partial charge in [0, 0.05) is 0 Å². The van der Waals surface area contributed by atoms with E-state index < -0.39 is 0 Å². The Labute approximate surface area is 128 Å². The van der Waals surface area contributed by atoms with Crippen LogP contribution in [0.5, 0.6) is 11.5 Å². The molecule has 0 saturated heterocycles. The van der Waals surface area contributed by atoms with Crippen LogP contribution in [-0.2, 0) is 6.42 Å². The minimum Gasteiger partial charge on any atom is -0.496 e. The Bertz CT molecular complexity index is 559. The summed E-state index contributed by atoms with van der Waals surface area (Å²) in [5.74, 6) is 1.69. The van der Waals surface area contributed by atoms with E-state index in [-0.39, 0.29) is 4.83 Å². The molecule has 2 aromatic carbocycles. The van der Waals surface area contributed by atoms with E-state index in [1.54, 1.807) is 14.2 Å². The first-order valence-electron chi connectivity index (χ1n) is 6.56. The Morgan fingerprint density at radius 3 is 2.10 bits per heavy atom. The summed E-state index contributed by atoms with van der Waals surface area (Å²) in [5, 5.41) is 0. The molecular weight excluding hydrogens is 316 g/mol. The van der Waals surface area contributed by atoms with E-state index in [2.05, 4.69) is 47.1 Å². The van der Waals surface area contributed by atoms with Gasteiger partial charge in [0.05, 0.1) is 24.6 Å². The van der Waals surface area contributed by atoms with E-state index >= 15 is 0 Å². The molecule has 2 nitrogen and oxygen atoms in total. The SMILES string of the molecule is COc1cccc(OC)c1C(Br)Cc1ccccc1C. The van der Waals surface area contributed by atoms with Crippen LogP contribution in [0, 0.1) is 6.92 Å². The first-order chi connectivity index (χ1) is 9.67. The molecule has 0 aromatic heterocycles. The molecule has 0 saturated carbocycles. The molecule has 0 bridgehead atoms. The number of alkyl halides is 1. The summed E-state index contributed by atoms with van der Waals surface area (Å²) in [6.45, 7) is 2.13. The van der Waals surface area contributed by atoms with Crippen molar-refractivity contribution in [2.24, 2.45) is 0 Å². The van der Waals surface area contributed by atoms with E-state index in [0.717, 1.165) is 23.5 Å². The molecule has 0 spiro atoms. The minimum atomic E-state index is 0.148. The second-order valence-electron chi connectivity index (χ2n) is 4.67. The molecule has 0 aliphatic rings. The molecule has 2 aromatic rings.